The minimum absolute atomic E-state index is 0.530. The standard InChI is InChI=1S/C10H11NS2/c1-7-3-4-9(12-7)8(2)13-10-5-6-11-10/h3-6,8H,1-2H3. The van der Waals surface area contributed by atoms with Crippen molar-refractivity contribution in [3.8, 4) is 0 Å². The molecule has 0 aromatic carbocycles. The van der Waals surface area contributed by atoms with E-state index in [9.17, 15) is 0 Å². The molecule has 2 rings (SSSR count). The Balaban J connectivity index is 2.00. The SMILES string of the molecule is Cc1ccc(C(C)SC2=CC=N2)s1. The lowest BCUT2D eigenvalue weighted by Gasteiger charge is -2.11. The number of nitrogens with zero attached hydrogens (tertiary/aromatic N) is 1. The number of aryl methyl sites for hydroxylation is 1. The summed E-state index contributed by atoms with van der Waals surface area (Å²) in [7, 11) is 0. The van der Waals surface area contributed by atoms with E-state index in [-0.39, 0.29) is 0 Å². The molecule has 1 atom stereocenters. The highest BCUT2D eigenvalue weighted by Gasteiger charge is 2.11. The van der Waals surface area contributed by atoms with E-state index in [4.69, 9.17) is 0 Å². The van der Waals surface area contributed by atoms with Crippen LogP contribution in [0.15, 0.2) is 28.2 Å². The van der Waals surface area contributed by atoms with E-state index >= 15 is 0 Å². The highest BCUT2D eigenvalue weighted by molar-refractivity contribution is 8.03. The molecule has 1 unspecified atom stereocenters. The maximum absolute atomic E-state index is 4.15. The van der Waals surface area contributed by atoms with Crippen LogP contribution in [0.1, 0.15) is 21.9 Å². The van der Waals surface area contributed by atoms with Crippen LogP contribution in [0, 0.1) is 6.92 Å². The third-order valence-electron chi connectivity index (χ3n) is 1.88. The number of allylic oxidation sites excluding steroid dienone is 1. The molecule has 0 N–H and O–H groups in total. The Bertz CT molecular complexity index is 363. The molecule has 1 aliphatic rings. The molecule has 0 bridgehead atoms. The van der Waals surface area contributed by atoms with Crippen molar-refractivity contribution in [3.63, 3.8) is 0 Å². The first-order chi connectivity index (χ1) is 6.25. The predicted octanol–water partition coefficient (Wildman–Crippen LogP) is 3.78. The summed E-state index contributed by atoms with van der Waals surface area (Å²) in [5.74, 6) is 0. The molecule has 1 nitrogen and oxygen atoms in total. The minimum Gasteiger partial charge on any atom is -0.250 e. The first-order valence-corrected chi connectivity index (χ1v) is 5.92. The summed E-state index contributed by atoms with van der Waals surface area (Å²) in [6.07, 6.45) is 3.90. The van der Waals surface area contributed by atoms with Gasteiger partial charge < -0.3 is 0 Å². The molecular formula is C10H11NS2. The third-order valence-corrected chi connectivity index (χ3v) is 4.30. The lowest BCUT2D eigenvalue weighted by atomic mass is 10.4. The lowest BCUT2D eigenvalue weighted by molar-refractivity contribution is 1.14. The third kappa shape index (κ3) is 2.03. The van der Waals surface area contributed by atoms with Crippen molar-refractivity contribution < 1.29 is 0 Å². The monoisotopic (exact) mass is 209 g/mol. The topological polar surface area (TPSA) is 12.4 Å². The fourth-order valence-electron chi connectivity index (χ4n) is 1.12. The number of thiophene rings is 1. The lowest BCUT2D eigenvalue weighted by Crippen LogP contribution is -1.89. The van der Waals surface area contributed by atoms with Gasteiger partial charge in [0.15, 0.2) is 0 Å². The van der Waals surface area contributed by atoms with Crippen LogP contribution in [0.2, 0.25) is 0 Å². The zero-order valence-electron chi connectivity index (χ0n) is 7.65. The van der Waals surface area contributed by atoms with Gasteiger partial charge in [0.1, 0.15) is 0 Å². The summed E-state index contributed by atoms with van der Waals surface area (Å²) in [4.78, 5) is 6.96. The Morgan fingerprint density at radius 1 is 1.46 bits per heavy atom. The normalized spacial score (nSPS) is 16.6. The smallest absolute Gasteiger partial charge is 0.0981 e. The number of rotatable bonds is 3. The van der Waals surface area contributed by atoms with Gasteiger partial charge in [-0.2, -0.15) is 0 Å². The molecule has 1 aromatic heterocycles. The van der Waals surface area contributed by atoms with Crippen LogP contribution in [0.25, 0.3) is 0 Å². The Morgan fingerprint density at radius 3 is 2.69 bits per heavy atom. The van der Waals surface area contributed by atoms with Crippen LogP contribution in [-0.4, -0.2) is 6.21 Å². The Morgan fingerprint density at radius 2 is 2.23 bits per heavy atom. The molecule has 0 aliphatic carbocycles. The summed E-state index contributed by atoms with van der Waals surface area (Å²) in [5, 5.41) is 1.68. The highest BCUT2D eigenvalue weighted by Crippen LogP contribution is 2.38. The van der Waals surface area contributed by atoms with Crippen LogP contribution in [0.4, 0.5) is 0 Å². The van der Waals surface area contributed by atoms with Crippen molar-refractivity contribution in [3.05, 3.63) is 33.0 Å². The summed E-state index contributed by atoms with van der Waals surface area (Å²) >= 11 is 3.70. The second kappa shape index (κ2) is 3.68. The average Bonchev–Trinajstić information content (AvgIpc) is 2.44. The highest BCUT2D eigenvalue weighted by atomic mass is 32.2. The predicted molar refractivity (Wildman–Crippen MR) is 61.6 cm³/mol. The van der Waals surface area contributed by atoms with E-state index < -0.39 is 0 Å². The van der Waals surface area contributed by atoms with Gasteiger partial charge in [-0.05, 0) is 32.1 Å². The van der Waals surface area contributed by atoms with Crippen LogP contribution >= 0.6 is 23.1 Å². The number of hydrogen-bond donors (Lipinski definition) is 0. The van der Waals surface area contributed by atoms with Gasteiger partial charge in [0.25, 0.3) is 0 Å². The largest absolute Gasteiger partial charge is 0.250 e. The molecule has 68 valence electrons. The second-order valence-corrected chi connectivity index (χ2v) is 5.67. The number of aliphatic imine (C=N–C) groups is 1. The van der Waals surface area contributed by atoms with Crippen LogP contribution in [0.5, 0.6) is 0 Å². The van der Waals surface area contributed by atoms with Gasteiger partial charge in [-0.25, -0.2) is 4.99 Å². The molecule has 1 aliphatic heterocycles. The Hall–Kier alpha value is -0.540. The summed E-state index contributed by atoms with van der Waals surface area (Å²) in [5.41, 5.74) is 0. The van der Waals surface area contributed by atoms with Gasteiger partial charge in [0.05, 0.1) is 5.03 Å². The zero-order valence-corrected chi connectivity index (χ0v) is 9.28. The van der Waals surface area contributed by atoms with E-state index in [1.165, 1.54) is 9.75 Å². The molecule has 0 spiro atoms. The van der Waals surface area contributed by atoms with Crippen LogP contribution < -0.4 is 0 Å². The number of hydrogen-bond acceptors (Lipinski definition) is 3. The summed E-state index contributed by atoms with van der Waals surface area (Å²) in [6, 6.07) is 4.39. The molecule has 1 aromatic rings. The van der Waals surface area contributed by atoms with Gasteiger partial charge in [0, 0.05) is 21.2 Å². The number of thioether (sulfide) groups is 1. The van der Waals surface area contributed by atoms with E-state index in [2.05, 4.69) is 37.0 Å². The van der Waals surface area contributed by atoms with Gasteiger partial charge in [0.2, 0.25) is 0 Å². The van der Waals surface area contributed by atoms with E-state index in [1.54, 1.807) is 0 Å². The Labute approximate surface area is 86.6 Å². The fourth-order valence-corrected chi connectivity index (χ4v) is 3.03. The van der Waals surface area contributed by atoms with E-state index in [1.807, 2.05) is 29.3 Å². The molecule has 0 fully saturated rings. The molecule has 3 heteroatoms. The first-order valence-electron chi connectivity index (χ1n) is 4.23. The molecule has 13 heavy (non-hydrogen) atoms. The van der Waals surface area contributed by atoms with Crippen molar-refractivity contribution in [2.45, 2.75) is 19.1 Å². The summed E-state index contributed by atoms with van der Waals surface area (Å²) in [6.45, 7) is 4.37. The van der Waals surface area contributed by atoms with Gasteiger partial charge >= 0.3 is 0 Å². The van der Waals surface area contributed by atoms with E-state index in [0.29, 0.717) is 5.25 Å². The molecule has 0 saturated heterocycles. The maximum Gasteiger partial charge on any atom is 0.0981 e. The van der Waals surface area contributed by atoms with Crippen LogP contribution in [-0.2, 0) is 0 Å². The van der Waals surface area contributed by atoms with Crippen molar-refractivity contribution in [1.29, 1.82) is 0 Å². The second-order valence-electron chi connectivity index (χ2n) is 2.99. The van der Waals surface area contributed by atoms with Crippen LogP contribution in [0.3, 0.4) is 0 Å². The van der Waals surface area contributed by atoms with Crippen molar-refractivity contribution >= 4 is 29.3 Å². The zero-order chi connectivity index (χ0) is 9.26. The molecular weight excluding hydrogens is 198 g/mol. The molecule has 0 radical (unpaired) electrons. The fraction of sp³-hybridized carbons (Fsp3) is 0.300. The summed E-state index contributed by atoms with van der Waals surface area (Å²) < 4.78 is 0. The van der Waals surface area contributed by atoms with Crippen molar-refractivity contribution in [1.82, 2.24) is 0 Å². The van der Waals surface area contributed by atoms with Gasteiger partial charge in [-0.15, -0.1) is 11.3 Å². The molecule has 2 heterocycles. The molecule has 0 saturated carbocycles. The maximum atomic E-state index is 4.15. The quantitative estimate of drug-likeness (QED) is 0.738. The van der Waals surface area contributed by atoms with Crippen molar-refractivity contribution in [2.75, 3.05) is 0 Å². The molecule has 0 amide bonds. The average molecular weight is 209 g/mol. The van der Waals surface area contributed by atoms with Gasteiger partial charge in [-0.1, -0.05) is 11.8 Å². The Kier molecular flexibility index (Phi) is 2.56. The van der Waals surface area contributed by atoms with Gasteiger partial charge in [-0.3, -0.25) is 0 Å². The van der Waals surface area contributed by atoms with E-state index in [0.717, 1.165) is 5.03 Å². The first kappa shape index (κ1) is 9.03. The minimum atomic E-state index is 0.530. The van der Waals surface area contributed by atoms with Crippen molar-refractivity contribution in [2.24, 2.45) is 4.99 Å².